The van der Waals surface area contributed by atoms with E-state index in [0.717, 1.165) is 24.0 Å². The molecule has 0 spiro atoms. The van der Waals surface area contributed by atoms with Crippen LogP contribution >= 0.6 is 24.0 Å². The van der Waals surface area contributed by atoms with Crippen molar-refractivity contribution in [2.75, 3.05) is 49.1 Å². The van der Waals surface area contributed by atoms with Crippen LogP contribution in [0.3, 0.4) is 0 Å². The van der Waals surface area contributed by atoms with Crippen molar-refractivity contribution in [3.05, 3.63) is 59.7 Å². The molecule has 0 saturated carbocycles. The van der Waals surface area contributed by atoms with Crippen molar-refractivity contribution >= 4 is 51.3 Å². The fraction of sp³-hybridized carbons (Fsp3) is 0.350. The van der Waals surface area contributed by atoms with E-state index in [1.54, 1.807) is 19.2 Å². The molecule has 0 bridgehead atoms. The molecule has 0 amide bonds. The molecule has 31 heavy (non-hydrogen) atoms. The first-order chi connectivity index (χ1) is 14.3. The zero-order valence-electron chi connectivity index (χ0n) is 17.3. The van der Waals surface area contributed by atoms with Gasteiger partial charge in [0.05, 0.1) is 17.6 Å². The molecule has 0 unspecified atom stereocenters. The van der Waals surface area contributed by atoms with Crippen LogP contribution < -0.4 is 14.9 Å². The lowest BCUT2D eigenvalue weighted by molar-refractivity contribution is 0.370. The first-order valence-corrected chi connectivity index (χ1v) is 11.4. The molecule has 2 N–H and O–H groups in total. The van der Waals surface area contributed by atoms with Crippen LogP contribution in [-0.2, 0) is 16.6 Å². The number of para-hydroxylation sites is 1. The summed E-state index contributed by atoms with van der Waals surface area (Å²) in [4.78, 5) is 8.14. The quantitative estimate of drug-likeness (QED) is 0.332. The summed E-state index contributed by atoms with van der Waals surface area (Å²) < 4.78 is 53.2. The molecular weight excluding hydrogens is 539 g/mol. The molecule has 0 aliphatic carbocycles. The van der Waals surface area contributed by atoms with Crippen LogP contribution in [0.2, 0.25) is 0 Å². The highest BCUT2D eigenvalue weighted by atomic mass is 127. The summed E-state index contributed by atoms with van der Waals surface area (Å²) in [5, 5.41) is 3.25. The van der Waals surface area contributed by atoms with E-state index in [9.17, 15) is 17.2 Å². The first-order valence-electron chi connectivity index (χ1n) is 9.48. The minimum atomic E-state index is -3.38. The van der Waals surface area contributed by atoms with Gasteiger partial charge < -0.3 is 15.1 Å². The maximum absolute atomic E-state index is 14.0. The van der Waals surface area contributed by atoms with Gasteiger partial charge in [0.2, 0.25) is 10.0 Å². The van der Waals surface area contributed by atoms with Crippen LogP contribution in [0.1, 0.15) is 5.56 Å². The van der Waals surface area contributed by atoms with Gasteiger partial charge in [0, 0.05) is 45.8 Å². The van der Waals surface area contributed by atoms with E-state index in [2.05, 4.69) is 15.0 Å². The van der Waals surface area contributed by atoms with Gasteiger partial charge in [-0.25, -0.2) is 17.2 Å². The molecule has 0 atom stereocenters. The molecule has 0 radical (unpaired) electrons. The Bertz CT molecular complexity index is 1030. The number of halogens is 3. The lowest BCUT2D eigenvalue weighted by Crippen LogP contribution is -2.52. The van der Waals surface area contributed by atoms with E-state index >= 15 is 0 Å². The second kappa shape index (κ2) is 10.9. The normalized spacial score (nSPS) is 14.8. The number of piperazine rings is 1. The van der Waals surface area contributed by atoms with Gasteiger partial charge in [-0.1, -0.05) is 18.2 Å². The Hall–Kier alpha value is -2.15. The molecule has 1 aliphatic rings. The van der Waals surface area contributed by atoms with Crippen molar-refractivity contribution in [3.63, 3.8) is 0 Å². The number of hydrogen-bond acceptors (Lipinski definition) is 4. The molecule has 0 aromatic heterocycles. The SMILES string of the molecule is CN=C(NCc1ccccc1NS(C)(=O)=O)N1CCN(c2cc(F)ccc2F)CC1.I. The molecule has 1 heterocycles. The largest absolute Gasteiger partial charge is 0.366 e. The van der Waals surface area contributed by atoms with E-state index in [4.69, 9.17) is 0 Å². The Labute approximate surface area is 198 Å². The number of anilines is 2. The summed E-state index contributed by atoms with van der Waals surface area (Å²) in [5.74, 6) is -0.251. The summed E-state index contributed by atoms with van der Waals surface area (Å²) in [6.45, 7) is 2.59. The number of benzene rings is 2. The first kappa shape index (κ1) is 25.1. The highest BCUT2D eigenvalue weighted by molar-refractivity contribution is 14.0. The average molecular weight is 565 g/mol. The van der Waals surface area contributed by atoms with Gasteiger partial charge in [-0.05, 0) is 23.8 Å². The van der Waals surface area contributed by atoms with E-state index in [0.29, 0.717) is 44.4 Å². The average Bonchev–Trinajstić information content (AvgIpc) is 2.71. The molecule has 3 rings (SSSR count). The fourth-order valence-corrected chi connectivity index (χ4v) is 3.97. The van der Waals surface area contributed by atoms with E-state index < -0.39 is 21.7 Å². The molecule has 1 saturated heterocycles. The van der Waals surface area contributed by atoms with Crippen molar-refractivity contribution in [2.24, 2.45) is 4.99 Å². The number of aliphatic imine (C=N–C) groups is 1. The van der Waals surface area contributed by atoms with Gasteiger partial charge in [0.25, 0.3) is 0 Å². The third kappa shape index (κ3) is 6.92. The molecule has 1 aliphatic heterocycles. The molecular formula is C20H26F2IN5O2S. The summed E-state index contributed by atoms with van der Waals surface area (Å²) in [7, 11) is -1.72. The Morgan fingerprint density at radius 1 is 1.10 bits per heavy atom. The topological polar surface area (TPSA) is 77.0 Å². The number of nitrogens with one attached hydrogen (secondary N) is 2. The second-order valence-corrected chi connectivity index (χ2v) is 8.75. The monoisotopic (exact) mass is 565 g/mol. The fourth-order valence-electron chi connectivity index (χ4n) is 3.37. The van der Waals surface area contributed by atoms with E-state index in [1.807, 2.05) is 21.9 Å². The van der Waals surface area contributed by atoms with Gasteiger partial charge in [-0.2, -0.15) is 0 Å². The predicted octanol–water partition coefficient (Wildman–Crippen LogP) is 2.85. The Morgan fingerprint density at radius 3 is 2.42 bits per heavy atom. The number of guanidine groups is 1. The van der Waals surface area contributed by atoms with Gasteiger partial charge >= 0.3 is 0 Å². The van der Waals surface area contributed by atoms with Crippen molar-refractivity contribution in [2.45, 2.75) is 6.54 Å². The summed E-state index contributed by atoms with van der Waals surface area (Å²) in [5.41, 5.74) is 1.55. The van der Waals surface area contributed by atoms with E-state index in [1.165, 1.54) is 6.07 Å². The molecule has 2 aromatic carbocycles. The zero-order valence-corrected chi connectivity index (χ0v) is 20.5. The summed E-state index contributed by atoms with van der Waals surface area (Å²) in [6.07, 6.45) is 1.11. The van der Waals surface area contributed by atoms with Crippen molar-refractivity contribution in [1.82, 2.24) is 10.2 Å². The predicted molar refractivity (Wildman–Crippen MR) is 131 cm³/mol. The van der Waals surface area contributed by atoms with Gasteiger partial charge in [-0.3, -0.25) is 9.71 Å². The summed E-state index contributed by atoms with van der Waals surface area (Å²) >= 11 is 0. The van der Waals surface area contributed by atoms with Crippen LogP contribution in [-0.4, -0.2) is 58.8 Å². The molecule has 170 valence electrons. The lowest BCUT2D eigenvalue weighted by atomic mass is 10.2. The maximum atomic E-state index is 14.0. The number of rotatable bonds is 5. The van der Waals surface area contributed by atoms with Crippen molar-refractivity contribution < 1.29 is 17.2 Å². The number of sulfonamides is 1. The molecule has 7 nitrogen and oxygen atoms in total. The molecule has 11 heteroatoms. The molecule has 2 aromatic rings. The second-order valence-electron chi connectivity index (χ2n) is 7.00. The third-order valence-electron chi connectivity index (χ3n) is 4.79. The van der Waals surface area contributed by atoms with Crippen LogP contribution in [0.15, 0.2) is 47.5 Å². The highest BCUT2D eigenvalue weighted by Crippen LogP contribution is 2.22. The Morgan fingerprint density at radius 2 is 1.77 bits per heavy atom. The van der Waals surface area contributed by atoms with Crippen LogP contribution in [0, 0.1) is 11.6 Å². The standard InChI is InChI=1S/C20H25F2N5O2S.HI/c1-23-20(24-14-15-5-3-4-6-18(15)25-30(2,28)29)27-11-9-26(10-12-27)19-13-16(21)7-8-17(19)22;/h3-8,13,25H,9-12,14H2,1-2H3,(H,23,24);1H. The Kier molecular flexibility index (Phi) is 8.86. The summed E-state index contributed by atoms with van der Waals surface area (Å²) in [6, 6.07) is 10.6. The van der Waals surface area contributed by atoms with Crippen LogP contribution in [0.25, 0.3) is 0 Å². The van der Waals surface area contributed by atoms with Gasteiger partial charge in [-0.15, -0.1) is 24.0 Å². The zero-order chi connectivity index (χ0) is 21.7. The van der Waals surface area contributed by atoms with Crippen molar-refractivity contribution in [1.29, 1.82) is 0 Å². The third-order valence-corrected chi connectivity index (χ3v) is 5.38. The van der Waals surface area contributed by atoms with Gasteiger partial charge in [0.15, 0.2) is 5.96 Å². The van der Waals surface area contributed by atoms with E-state index in [-0.39, 0.29) is 29.7 Å². The lowest BCUT2D eigenvalue weighted by Gasteiger charge is -2.37. The van der Waals surface area contributed by atoms with Crippen LogP contribution in [0.4, 0.5) is 20.2 Å². The smallest absolute Gasteiger partial charge is 0.229 e. The van der Waals surface area contributed by atoms with Crippen LogP contribution in [0.5, 0.6) is 0 Å². The Balaban J connectivity index is 0.00000341. The molecule has 1 fully saturated rings. The minimum Gasteiger partial charge on any atom is -0.366 e. The number of hydrogen-bond donors (Lipinski definition) is 2. The number of nitrogens with zero attached hydrogens (tertiary/aromatic N) is 3. The van der Waals surface area contributed by atoms with Crippen molar-refractivity contribution in [3.8, 4) is 0 Å². The minimum absolute atomic E-state index is 0. The maximum Gasteiger partial charge on any atom is 0.229 e. The van der Waals surface area contributed by atoms with Gasteiger partial charge in [0.1, 0.15) is 11.6 Å². The highest BCUT2D eigenvalue weighted by Gasteiger charge is 2.22.